The first kappa shape index (κ1) is 14.7. The smallest absolute Gasteiger partial charge is 0.129 e. The van der Waals surface area contributed by atoms with Crippen molar-refractivity contribution in [3.05, 3.63) is 69.3 Å². The molecule has 0 fully saturated rings. The first-order chi connectivity index (χ1) is 9.41. The molecule has 0 unspecified atom stereocenters. The van der Waals surface area contributed by atoms with Crippen molar-refractivity contribution in [3.63, 3.8) is 0 Å². The van der Waals surface area contributed by atoms with E-state index in [9.17, 15) is 8.78 Å². The zero-order valence-corrected chi connectivity index (χ0v) is 12.5. The number of rotatable bonds is 3. The molecular formula is C18H20F2. The molecule has 0 atom stereocenters. The van der Waals surface area contributed by atoms with Gasteiger partial charge < -0.3 is 0 Å². The molecule has 0 aliphatic heterocycles. The summed E-state index contributed by atoms with van der Waals surface area (Å²) in [5.41, 5.74) is 4.74. The highest BCUT2D eigenvalue weighted by atomic mass is 19.1. The molecule has 0 spiro atoms. The SMILES string of the molecule is Cc1ccc(CCc2ccc(C)c(F)c2C)c(C)c1F. The highest BCUT2D eigenvalue weighted by Crippen LogP contribution is 2.21. The normalized spacial score (nSPS) is 10.9. The number of halogens is 2. The van der Waals surface area contributed by atoms with E-state index < -0.39 is 0 Å². The number of hydrogen-bond donors (Lipinski definition) is 0. The Morgan fingerprint density at radius 3 is 1.35 bits per heavy atom. The van der Waals surface area contributed by atoms with Crippen LogP contribution in [0.5, 0.6) is 0 Å². The highest BCUT2D eigenvalue weighted by Gasteiger charge is 2.10. The molecule has 0 aliphatic carbocycles. The van der Waals surface area contributed by atoms with Crippen LogP contribution in [-0.4, -0.2) is 0 Å². The van der Waals surface area contributed by atoms with Crippen LogP contribution in [0, 0.1) is 39.3 Å². The van der Waals surface area contributed by atoms with Crippen molar-refractivity contribution in [1.82, 2.24) is 0 Å². The quantitative estimate of drug-likeness (QED) is 0.740. The molecular weight excluding hydrogens is 254 g/mol. The minimum Gasteiger partial charge on any atom is -0.206 e. The van der Waals surface area contributed by atoms with Gasteiger partial charge >= 0.3 is 0 Å². The average molecular weight is 274 g/mol. The Balaban J connectivity index is 2.22. The zero-order chi connectivity index (χ0) is 14.9. The minimum atomic E-state index is -0.130. The van der Waals surface area contributed by atoms with Crippen molar-refractivity contribution < 1.29 is 8.78 Å². The third kappa shape index (κ3) is 2.74. The second-order valence-corrected chi connectivity index (χ2v) is 5.46. The van der Waals surface area contributed by atoms with Gasteiger partial charge in [0.1, 0.15) is 11.6 Å². The second-order valence-electron chi connectivity index (χ2n) is 5.46. The predicted octanol–water partition coefficient (Wildman–Crippen LogP) is 4.98. The van der Waals surface area contributed by atoms with Crippen molar-refractivity contribution in [2.45, 2.75) is 40.5 Å². The Hall–Kier alpha value is -1.70. The van der Waals surface area contributed by atoms with Crippen LogP contribution in [0.15, 0.2) is 24.3 Å². The van der Waals surface area contributed by atoms with Gasteiger partial charge in [0.25, 0.3) is 0 Å². The first-order valence-corrected chi connectivity index (χ1v) is 6.91. The maximum absolute atomic E-state index is 13.9. The van der Waals surface area contributed by atoms with Crippen molar-refractivity contribution in [2.75, 3.05) is 0 Å². The molecule has 2 rings (SSSR count). The maximum Gasteiger partial charge on any atom is 0.129 e. The zero-order valence-electron chi connectivity index (χ0n) is 12.5. The molecule has 0 bridgehead atoms. The lowest BCUT2D eigenvalue weighted by Gasteiger charge is -2.11. The standard InChI is InChI=1S/C18H20F2/c1-11-5-7-15(13(3)17(11)19)9-10-16-8-6-12(2)18(20)14(16)4/h5-8H,9-10H2,1-4H3. The van der Waals surface area contributed by atoms with E-state index in [1.807, 2.05) is 12.1 Å². The monoisotopic (exact) mass is 274 g/mol. The van der Waals surface area contributed by atoms with Crippen LogP contribution >= 0.6 is 0 Å². The van der Waals surface area contributed by atoms with Crippen molar-refractivity contribution in [1.29, 1.82) is 0 Å². The summed E-state index contributed by atoms with van der Waals surface area (Å²) in [6.45, 7) is 7.15. The average Bonchev–Trinajstić information content (AvgIpc) is 2.43. The Kier molecular flexibility index (Phi) is 4.22. The first-order valence-electron chi connectivity index (χ1n) is 6.91. The van der Waals surface area contributed by atoms with E-state index in [-0.39, 0.29) is 11.6 Å². The van der Waals surface area contributed by atoms with Crippen LogP contribution < -0.4 is 0 Å². The summed E-state index contributed by atoms with van der Waals surface area (Å²) in [7, 11) is 0. The largest absolute Gasteiger partial charge is 0.206 e. The third-order valence-electron chi connectivity index (χ3n) is 4.05. The topological polar surface area (TPSA) is 0 Å². The van der Waals surface area contributed by atoms with E-state index in [4.69, 9.17) is 0 Å². The fourth-order valence-corrected chi connectivity index (χ4v) is 2.53. The number of hydrogen-bond acceptors (Lipinski definition) is 0. The van der Waals surface area contributed by atoms with E-state index in [2.05, 4.69) is 0 Å². The highest BCUT2D eigenvalue weighted by molar-refractivity contribution is 5.36. The maximum atomic E-state index is 13.9. The molecule has 0 radical (unpaired) electrons. The lowest BCUT2D eigenvalue weighted by Crippen LogP contribution is -2.01. The molecule has 2 aromatic rings. The molecule has 106 valence electrons. The molecule has 0 heterocycles. The van der Waals surface area contributed by atoms with E-state index in [1.54, 1.807) is 39.8 Å². The van der Waals surface area contributed by atoms with Crippen LogP contribution in [0.4, 0.5) is 8.78 Å². The Morgan fingerprint density at radius 2 is 1.00 bits per heavy atom. The van der Waals surface area contributed by atoms with Crippen LogP contribution in [0.2, 0.25) is 0 Å². The summed E-state index contributed by atoms with van der Waals surface area (Å²) in [5.74, 6) is -0.261. The summed E-state index contributed by atoms with van der Waals surface area (Å²) in [5, 5.41) is 0. The fraction of sp³-hybridized carbons (Fsp3) is 0.333. The molecule has 2 heteroatoms. The number of aryl methyl sites for hydroxylation is 4. The summed E-state index contributed by atoms with van der Waals surface area (Å²) in [4.78, 5) is 0. The van der Waals surface area contributed by atoms with E-state index in [0.29, 0.717) is 22.3 Å². The van der Waals surface area contributed by atoms with Crippen molar-refractivity contribution >= 4 is 0 Å². The lowest BCUT2D eigenvalue weighted by atomic mass is 9.95. The molecule has 0 saturated carbocycles. The summed E-state index contributed by atoms with van der Waals surface area (Å²) < 4.78 is 27.7. The van der Waals surface area contributed by atoms with E-state index in [1.165, 1.54) is 0 Å². The van der Waals surface area contributed by atoms with Gasteiger partial charge in [-0.2, -0.15) is 0 Å². The molecule has 0 nitrogen and oxygen atoms in total. The molecule has 0 aliphatic rings. The van der Waals surface area contributed by atoms with Gasteiger partial charge in [-0.3, -0.25) is 0 Å². The Labute approximate surface area is 119 Å². The van der Waals surface area contributed by atoms with Gasteiger partial charge in [0.15, 0.2) is 0 Å². The van der Waals surface area contributed by atoms with Gasteiger partial charge in [-0.05, 0) is 73.9 Å². The molecule has 0 amide bonds. The molecule has 2 aromatic carbocycles. The van der Waals surface area contributed by atoms with Crippen LogP contribution in [0.1, 0.15) is 33.4 Å². The van der Waals surface area contributed by atoms with Gasteiger partial charge in [0, 0.05) is 0 Å². The van der Waals surface area contributed by atoms with Crippen molar-refractivity contribution in [2.24, 2.45) is 0 Å². The second kappa shape index (κ2) is 5.74. The summed E-state index contributed by atoms with van der Waals surface area (Å²) >= 11 is 0. The molecule has 0 N–H and O–H groups in total. The summed E-state index contributed by atoms with van der Waals surface area (Å²) in [6, 6.07) is 7.54. The fourth-order valence-electron chi connectivity index (χ4n) is 2.53. The van der Waals surface area contributed by atoms with Gasteiger partial charge in [0.2, 0.25) is 0 Å². The van der Waals surface area contributed by atoms with Crippen LogP contribution in [0.3, 0.4) is 0 Å². The lowest BCUT2D eigenvalue weighted by molar-refractivity contribution is 0.602. The molecule has 20 heavy (non-hydrogen) atoms. The molecule has 0 saturated heterocycles. The number of benzene rings is 2. The Morgan fingerprint density at radius 1 is 0.650 bits per heavy atom. The van der Waals surface area contributed by atoms with E-state index in [0.717, 1.165) is 24.0 Å². The van der Waals surface area contributed by atoms with E-state index >= 15 is 0 Å². The predicted molar refractivity (Wildman–Crippen MR) is 79.2 cm³/mol. The van der Waals surface area contributed by atoms with Crippen LogP contribution in [-0.2, 0) is 12.8 Å². The van der Waals surface area contributed by atoms with Gasteiger partial charge in [0.05, 0.1) is 0 Å². The third-order valence-corrected chi connectivity index (χ3v) is 4.05. The van der Waals surface area contributed by atoms with Gasteiger partial charge in [-0.25, -0.2) is 8.78 Å². The molecule has 0 aromatic heterocycles. The van der Waals surface area contributed by atoms with Crippen LogP contribution in [0.25, 0.3) is 0 Å². The Bertz CT molecular complexity index is 585. The van der Waals surface area contributed by atoms with Gasteiger partial charge in [-0.15, -0.1) is 0 Å². The van der Waals surface area contributed by atoms with Gasteiger partial charge in [-0.1, -0.05) is 24.3 Å². The minimum absolute atomic E-state index is 0.130. The summed E-state index contributed by atoms with van der Waals surface area (Å²) in [6.07, 6.45) is 1.46. The van der Waals surface area contributed by atoms with Crippen molar-refractivity contribution in [3.8, 4) is 0 Å².